The largest absolute Gasteiger partial charge is 0.478 e. The third-order valence-corrected chi connectivity index (χ3v) is 3.35. The SMILES string of the molecule is O=C(O)c1cccc(-c2cn(Cc3ccc(OCC(F)(F)F)nn3)nn2)c1. The van der Waals surface area contributed by atoms with E-state index in [9.17, 15) is 18.0 Å². The zero-order valence-electron chi connectivity index (χ0n) is 13.6. The van der Waals surface area contributed by atoms with Crippen molar-refractivity contribution in [2.45, 2.75) is 12.7 Å². The molecule has 11 heteroatoms. The molecule has 0 radical (unpaired) electrons. The molecular formula is C16H12F3N5O3. The Kier molecular flexibility index (Phi) is 5.01. The van der Waals surface area contributed by atoms with E-state index in [0.29, 0.717) is 17.0 Å². The van der Waals surface area contributed by atoms with Crippen molar-refractivity contribution < 1.29 is 27.8 Å². The molecule has 27 heavy (non-hydrogen) atoms. The number of hydrogen-bond donors (Lipinski definition) is 1. The first-order valence-corrected chi connectivity index (χ1v) is 7.56. The maximum atomic E-state index is 12.1. The van der Waals surface area contributed by atoms with Crippen LogP contribution in [0.15, 0.2) is 42.6 Å². The van der Waals surface area contributed by atoms with Crippen molar-refractivity contribution in [2.24, 2.45) is 0 Å². The number of aromatic nitrogens is 5. The Balaban J connectivity index is 1.67. The minimum absolute atomic E-state index is 0.127. The van der Waals surface area contributed by atoms with Gasteiger partial charge < -0.3 is 9.84 Å². The first-order chi connectivity index (χ1) is 12.8. The molecule has 0 fully saturated rings. The Bertz CT molecular complexity index is 941. The average molecular weight is 379 g/mol. The molecule has 3 rings (SSSR count). The first-order valence-electron chi connectivity index (χ1n) is 7.56. The molecule has 1 N–H and O–H groups in total. The molecule has 0 unspecified atom stereocenters. The average Bonchev–Trinajstić information content (AvgIpc) is 3.09. The smallest absolute Gasteiger partial charge is 0.422 e. The molecule has 8 nitrogen and oxygen atoms in total. The van der Waals surface area contributed by atoms with Gasteiger partial charge in [-0.3, -0.25) is 0 Å². The Morgan fingerprint density at radius 3 is 2.63 bits per heavy atom. The van der Waals surface area contributed by atoms with Gasteiger partial charge in [-0.05, 0) is 18.2 Å². The minimum atomic E-state index is -4.45. The van der Waals surface area contributed by atoms with E-state index in [4.69, 9.17) is 5.11 Å². The van der Waals surface area contributed by atoms with Gasteiger partial charge in [0.25, 0.3) is 0 Å². The molecular weight excluding hydrogens is 367 g/mol. The molecule has 140 valence electrons. The lowest BCUT2D eigenvalue weighted by Crippen LogP contribution is -2.19. The van der Waals surface area contributed by atoms with Crippen LogP contribution in [0.4, 0.5) is 13.2 Å². The number of hydrogen-bond acceptors (Lipinski definition) is 6. The minimum Gasteiger partial charge on any atom is -0.478 e. The number of carboxylic acid groups (broad SMARTS) is 1. The highest BCUT2D eigenvalue weighted by molar-refractivity contribution is 5.89. The predicted octanol–water partition coefficient (Wildman–Crippen LogP) is 2.42. The van der Waals surface area contributed by atoms with Crippen LogP contribution in [0, 0.1) is 0 Å². The standard InChI is InChI=1S/C16H12F3N5O3/c17-16(18,19)9-27-14-5-4-12(20-22-14)7-24-8-13(21-23-24)10-2-1-3-11(6-10)15(25)26/h1-6,8H,7,9H2,(H,25,26). The summed E-state index contributed by atoms with van der Waals surface area (Å²) in [5, 5.41) is 24.3. The van der Waals surface area contributed by atoms with Gasteiger partial charge in [0.2, 0.25) is 5.88 Å². The second-order valence-electron chi connectivity index (χ2n) is 5.45. The molecule has 3 aromatic rings. The van der Waals surface area contributed by atoms with Gasteiger partial charge in [-0.15, -0.1) is 15.3 Å². The van der Waals surface area contributed by atoms with Crippen LogP contribution in [-0.2, 0) is 6.54 Å². The van der Waals surface area contributed by atoms with Crippen LogP contribution in [0.5, 0.6) is 5.88 Å². The fourth-order valence-electron chi connectivity index (χ4n) is 2.15. The quantitative estimate of drug-likeness (QED) is 0.702. The fourth-order valence-corrected chi connectivity index (χ4v) is 2.15. The van der Waals surface area contributed by atoms with Gasteiger partial charge in [0.1, 0.15) is 5.69 Å². The Labute approximate surface area is 150 Å². The van der Waals surface area contributed by atoms with Gasteiger partial charge in [-0.2, -0.15) is 13.2 Å². The molecule has 2 heterocycles. The topological polar surface area (TPSA) is 103 Å². The van der Waals surface area contributed by atoms with Crippen LogP contribution >= 0.6 is 0 Å². The summed E-state index contributed by atoms with van der Waals surface area (Å²) in [5.74, 6) is -1.28. The van der Waals surface area contributed by atoms with Gasteiger partial charge in [0.05, 0.1) is 24.0 Å². The number of benzene rings is 1. The summed E-state index contributed by atoms with van der Waals surface area (Å²) in [4.78, 5) is 11.0. The second kappa shape index (κ2) is 7.40. The zero-order chi connectivity index (χ0) is 19.4. The normalized spacial score (nSPS) is 11.4. The van der Waals surface area contributed by atoms with Crippen LogP contribution in [0.25, 0.3) is 11.3 Å². The van der Waals surface area contributed by atoms with Gasteiger partial charge in [0.15, 0.2) is 6.61 Å². The maximum absolute atomic E-state index is 12.1. The lowest BCUT2D eigenvalue weighted by atomic mass is 10.1. The highest BCUT2D eigenvalue weighted by Gasteiger charge is 2.28. The van der Waals surface area contributed by atoms with Crippen molar-refractivity contribution in [2.75, 3.05) is 6.61 Å². The van der Waals surface area contributed by atoms with Crippen molar-refractivity contribution in [3.63, 3.8) is 0 Å². The maximum Gasteiger partial charge on any atom is 0.422 e. The third kappa shape index (κ3) is 5.00. The van der Waals surface area contributed by atoms with Crippen molar-refractivity contribution in [1.29, 1.82) is 0 Å². The lowest BCUT2D eigenvalue weighted by Gasteiger charge is -2.07. The zero-order valence-corrected chi connectivity index (χ0v) is 13.6. The van der Waals surface area contributed by atoms with E-state index in [0.717, 1.165) is 0 Å². The molecule has 0 saturated heterocycles. The molecule has 0 saturated carbocycles. The van der Waals surface area contributed by atoms with Crippen LogP contribution in [0.2, 0.25) is 0 Å². The third-order valence-electron chi connectivity index (χ3n) is 3.35. The monoisotopic (exact) mass is 379 g/mol. The summed E-state index contributed by atoms with van der Waals surface area (Å²) in [7, 11) is 0. The number of halogens is 3. The van der Waals surface area contributed by atoms with Crippen molar-refractivity contribution in [3.05, 3.63) is 53.9 Å². The van der Waals surface area contributed by atoms with E-state index in [2.05, 4.69) is 25.2 Å². The number of nitrogens with zero attached hydrogens (tertiary/aromatic N) is 5. The molecule has 0 aliphatic heterocycles. The molecule has 1 aromatic carbocycles. The molecule has 0 spiro atoms. The molecule has 0 atom stereocenters. The van der Waals surface area contributed by atoms with E-state index in [1.807, 2.05) is 0 Å². The first kappa shape index (κ1) is 18.3. The van der Waals surface area contributed by atoms with Crippen LogP contribution < -0.4 is 4.74 Å². The Morgan fingerprint density at radius 2 is 1.96 bits per heavy atom. The highest BCUT2D eigenvalue weighted by atomic mass is 19.4. The Morgan fingerprint density at radius 1 is 1.15 bits per heavy atom. The number of carbonyl (C=O) groups is 1. The van der Waals surface area contributed by atoms with Crippen molar-refractivity contribution in [3.8, 4) is 17.1 Å². The van der Waals surface area contributed by atoms with E-state index in [1.165, 1.54) is 28.9 Å². The predicted molar refractivity (Wildman–Crippen MR) is 85.1 cm³/mol. The number of carboxylic acids is 1. The lowest BCUT2D eigenvalue weighted by molar-refractivity contribution is -0.154. The summed E-state index contributed by atoms with van der Waals surface area (Å²) in [6.07, 6.45) is -2.86. The van der Waals surface area contributed by atoms with Crippen LogP contribution in [-0.4, -0.2) is 49.1 Å². The number of alkyl halides is 3. The van der Waals surface area contributed by atoms with Crippen molar-refractivity contribution >= 4 is 5.97 Å². The number of aromatic carboxylic acids is 1. The number of rotatable bonds is 6. The van der Waals surface area contributed by atoms with E-state index in [-0.39, 0.29) is 18.0 Å². The van der Waals surface area contributed by atoms with Crippen LogP contribution in [0.1, 0.15) is 16.1 Å². The summed E-state index contributed by atoms with van der Waals surface area (Å²) < 4.78 is 42.2. The summed E-state index contributed by atoms with van der Waals surface area (Å²) in [6, 6.07) is 8.99. The van der Waals surface area contributed by atoms with E-state index < -0.39 is 18.8 Å². The van der Waals surface area contributed by atoms with Crippen LogP contribution in [0.3, 0.4) is 0 Å². The summed E-state index contributed by atoms with van der Waals surface area (Å²) in [6.45, 7) is -1.26. The molecule has 0 aliphatic carbocycles. The molecule has 0 aliphatic rings. The number of ether oxygens (including phenoxy) is 1. The van der Waals surface area contributed by atoms with E-state index in [1.54, 1.807) is 18.3 Å². The second-order valence-corrected chi connectivity index (χ2v) is 5.45. The highest BCUT2D eigenvalue weighted by Crippen LogP contribution is 2.19. The van der Waals surface area contributed by atoms with E-state index >= 15 is 0 Å². The van der Waals surface area contributed by atoms with Gasteiger partial charge in [-0.1, -0.05) is 17.3 Å². The van der Waals surface area contributed by atoms with Gasteiger partial charge >= 0.3 is 12.1 Å². The summed E-state index contributed by atoms with van der Waals surface area (Å²) in [5.41, 5.74) is 1.62. The van der Waals surface area contributed by atoms with Gasteiger partial charge in [0, 0.05) is 11.6 Å². The fraction of sp³-hybridized carbons (Fsp3) is 0.188. The molecule has 0 bridgehead atoms. The molecule has 2 aromatic heterocycles. The van der Waals surface area contributed by atoms with Crippen molar-refractivity contribution in [1.82, 2.24) is 25.2 Å². The molecule has 0 amide bonds. The van der Waals surface area contributed by atoms with Gasteiger partial charge in [-0.25, -0.2) is 9.48 Å². The Hall–Kier alpha value is -3.50. The summed E-state index contributed by atoms with van der Waals surface area (Å²) >= 11 is 0.